The molecule has 0 spiro atoms. The minimum absolute atomic E-state index is 0.784. The Bertz CT molecular complexity index is 584. The highest BCUT2D eigenvalue weighted by atomic mass is 15.0. The van der Waals surface area contributed by atoms with E-state index in [4.69, 9.17) is 4.98 Å². The Kier molecular flexibility index (Phi) is 3.38. The Labute approximate surface area is 114 Å². The summed E-state index contributed by atoms with van der Waals surface area (Å²) < 4.78 is 0. The summed E-state index contributed by atoms with van der Waals surface area (Å²) in [5.41, 5.74) is 6.54. The minimum atomic E-state index is 0.784. The lowest BCUT2D eigenvalue weighted by atomic mass is 9.90. The maximum atomic E-state index is 4.70. The quantitative estimate of drug-likeness (QED) is 0.885. The normalized spacial score (nSPS) is 14.4. The predicted molar refractivity (Wildman–Crippen MR) is 78.2 cm³/mol. The minimum Gasteiger partial charge on any atom is -0.344 e. The zero-order valence-electron chi connectivity index (χ0n) is 11.7. The number of hydrogen-bond acceptors (Lipinski definition) is 2. The Morgan fingerprint density at radius 3 is 2.79 bits per heavy atom. The van der Waals surface area contributed by atoms with Gasteiger partial charge in [-0.05, 0) is 56.8 Å². The van der Waals surface area contributed by atoms with E-state index < -0.39 is 0 Å². The number of hydrogen-bond donors (Lipinski definition) is 2. The molecule has 1 aliphatic carbocycles. The number of rotatable bonds is 3. The summed E-state index contributed by atoms with van der Waals surface area (Å²) in [4.78, 5) is 8.05. The van der Waals surface area contributed by atoms with Gasteiger partial charge in [-0.1, -0.05) is 12.1 Å². The van der Waals surface area contributed by atoms with Crippen molar-refractivity contribution in [3.63, 3.8) is 0 Å². The fraction of sp³-hybridized carbons (Fsp3) is 0.438. The van der Waals surface area contributed by atoms with Crippen molar-refractivity contribution in [2.24, 2.45) is 0 Å². The number of fused-ring (bicyclic) bond motifs is 1. The zero-order valence-corrected chi connectivity index (χ0v) is 11.7. The van der Waals surface area contributed by atoms with E-state index in [0.29, 0.717) is 0 Å². The highest BCUT2D eigenvalue weighted by Gasteiger charge is 2.13. The molecule has 3 rings (SSSR count). The summed E-state index contributed by atoms with van der Waals surface area (Å²) in [6.07, 6.45) is 5.11. The summed E-state index contributed by atoms with van der Waals surface area (Å²) in [5.74, 6) is 1.01. The van der Waals surface area contributed by atoms with Gasteiger partial charge in [0, 0.05) is 11.3 Å². The summed E-state index contributed by atoms with van der Waals surface area (Å²) >= 11 is 0. The van der Waals surface area contributed by atoms with E-state index in [1.165, 1.54) is 42.4 Å². The van der Waals surface area contributed by atoms with Crippen LogP contribution in [0.1, 0.15) is 35.5 Å². The summed E-state index contributed by atoms with van der Waals surface area (Å²) in [6, 6.07) is 6.84. The van der Waals surface area contributed by atoms with Crippen LogP contribution >= 0.6 is 0 Å². The SMILES string of the molecule is CNCc1nc(-c2ccc3c(c2)CCCC3)c(C)[nH]1. The van der Waals surface area contributed by atoms with Crippen molar-refractivity contribution < 1.29 is 0 Å². The van der Waals surface area contributed by atoms with Gasteiger partial charge in [-0.3, -0.25) is 0 Å². The van der Waals surface area contributed by atoms with Crippen LogP contribution in [-0.4, -0.2) is 17.0 Å². The number of imidazole rings is 1. The van der Waals surface area contributed by atoms with Gasteiger partial charge in [-0.15, -0.1) is 0 Å². The molecule has 0 unspecified atom stereocenters. The molecule has 19 heavy (non-hydrogen) atoms. The van der Waals surface area contributed by atoms with Crippen LogP contribution in [0, 0.1) is 6.92 Å². The first-order chi connectivity index (χ1) is 9.28. The lowest BCUT2D eigenvalue weighted by Gasteiger charge is -2.16. The van der Waals surface area contributed by atoms with Gasteiger partial charge in [0.25, 0.3) is 0 Å². The molecule has 3 nitrogen and oxygen atoms in total. The van der Waals surface area contributed by atoms with Crippen LogP contribution in [0.3, 0.4) is 0 Å². The van der Waals surface area contributed by atoms with Crippen molar-refractivity contribution in [2.45, 2.75) is 39.2 Å². The van der Waals surface area contributed by atoms with Crippen molar-refractivity contribution in [2.75, 3.05) is 7.05 Å². The van der Waals surface area contributed by atoms with Gasteiger partial charge in [0.15, 0.2) is 0 Å². The van der Waals surface area contributed by atoms with E-state index in [0.717, 1.165) is 23.8 Å². The van der Waals surface area contributed by atoms with Crippen LogP contribution in [0.2, 0.25) is 0 Å². The lowest BCUT2D eigenvalue weighted by Crippen LogP contribution is -2.06. The highest BCUT2D eigenvalue weighted by molar-refractivity contribution is 5.64. The first kappa shape index (κ1) is 12.4. The van der Waals surface area contributed by atoms with E-state index in [-0.39, 0.29) is 0 Å². The molecule has 2 N–H and O–H groups in total. The third-order valence-electron chi connectivity index (χ3n) is 3.90. The Morgan fingerprint density at radius 1 is 1.21 bits per heavy atom. The Morgan fingerprint density at radius 2 is 2.00 bits per heavy atom. The summed E-state index contributed by atoms with van der Waals surface area (Å²) in [7, 11) is 1.94. The summed E-state index contributed by atoms with van der Waals surface area (Å²) in [5, 5.41) is 3.13. The van der Waals surface area contributed by atoms with E-state index in [1.807, 2.05) is 7.05 Å². The number of benzene rings is 1. The molecular formula is C16H21N3. The molecule has 1 aromatic carbocycles. The third kappa shape index (κ3) is 2.43. The van der Waals surface area contributed by atoms with Gasteiger partial charge >= 0.3 is 0 Å². The maximum Gasteiger partial charge on any atom is 0.121 e. The van der Waals surface area contributed by atoms with Crippen LogP contribution in [-0.2, 0) is 19.4 Å². The first-order valence-corrected chi connectivity index (χ1v) is 7.10. The largest absolute Gasteiger partial charge is 0.344 e. The number of aromatic nitrogens is 2. The van der Waals surface area contributed by atoms with Gasteiger partial charge in [0.05, 0.1) is 12.2 Å². The molecule has 1 heterocycles. The lowest BCUT2D eigenvalue weighted by molar-refractivity contribution is 0.686. The topological polar surface area (TPSA) is 40.7 Å². The van der Waals surface area contributed by atoms with E-state index >= 15 is 0 Å². The molecule has 1 aliphatic rings. The average Bonchev–Trinajstić information content (AvgIpc) is 2.79. The molecule has 100 valence electrons. The van der Waals surface area contributed by atoms with Crippen molar-refractivity contribution in [1.29, 1.82) is 0 Å². The fourth-order valence-electron chi connectivity index (χ4n) is 2.94. The van der Waals surface area contributed by atoms with Gasteiger partial charge < -0.3 is 10.3 Å². The molecule has 0 aliphatic heterocycles. The van der Waals surface area contributed by atoms with Crippen LogP contribution < -0.4 is 5.32 Å². The van der Waals surface area contributed by atoms with Crippen LogP contribution in [0.4, 0.5) is 0 Å². The maximum absolute atomic E-state index is 4.70. The standard InChI is InChI=1S/C16H21N3/c1-11-16(19-15(18-11)10-17-2)14-8-7-12-5-3-4-6-13(12)9-14/h7-9,17H,3-6,10H2,1-2H3,(H,18,19). The number of aryl methyl sites for hydroxylation is 3. The van der Waals surface area contributed by atoms with Gasteiger partial charge in [0.1, 0.15) is 5.82 Å². The first-order valence-electron chi connectivity index (χ1n) is 7.10. The number of nitrogens with one attached hydrogen (secondary N) is 2. The molecule has 0 bridgehead atoms. The van der Waals surface area contributed by atoms with Crippen molar-refractivity contribution >= 4 is 0 Å². The molecule has 1 aromatic heterocycles. The molecular weight excluding hydrogens is 234 g/mol. The van der Waals surface area contributed by atoms with Crippen LogP contribution in [0.25, 0.3) is 11.3 Å². The molecule has 0 fully saturated rings. The second kappa shape index (κ2) is 5.17. The molecule has 0 radical (unpaired) electrons. The smallest absolute Gasteiger partial charge is 0.121 e. The molecule has 0 saturated carbocycles. The fourth-order valence-corrected chi connectivity index (χ4v) is 2.94. The highest BCUT2D eigenvalue weighted by Crippen LogP contribution is 2.28. The van der Waals surface area contributed by atoms with Crippen LogP contribution in [0.15, 0.2) is 18.2 Å². The third-order valence-corrected chi connectivity index (χ3v) is 3.90. The molecule has 0 amide bonds. The molecule has 0 saturated heterocycles. The molecule has 0 atom stereocenters. The second-order valence-electron chi connectivity index (χ2n) is 5.38. The summed E-state index contributed by atoms with van der Waals surface area (Å²) in [6.45, 7) is 2.88. The second-order valence-corrected chi connectivity index (χ2v) is 5.38. The van der Waals surface area contributed by atoms with Gasteiger partial charge in [0.2, 0.25) is 0 Å². The van der Waals surface area contributed by atoms with E-state index in [9.17, 15) is 0 Å². The van der Waals surface area contributed by atoms with Crippen molar-refractivity contribution in [1.82, 2.24) is 15.3 Å². The van der Waals surface area contributed by atoms with E-state index in [1.54, 1.807) is 0 Å². The monoisotopic (exact) mass is 255 g/mol. The number of H-pyrrole nitrogens is 1. The van der Waals surface area contributed by atoms with E-state index in [2.05, 4.69) is 35.4 Å². The Balaban J connectivity index is 1.97. The molecule has 2 aromatic rings. The van der Waals surface area contributed by atoms with Gasteiger partial charge in [-0.2, -0.15) is 0 Å². The Hall–Kier alpha value is -1.61. The zero-order chi connectivity index (χ0) is 13.2. The van der Waals surface area contributed by atoms with Crippen molar-refractivity contribution in [3.8, 4) is 11.3 Å². The number of nitrogens with zero attached hydrogens (tertiary/aromatic N) is 1. The molecule has 3 heteroatoms. The van der Waals surface area contributed by atoms with Crippen molar-refractivity contribution in [3.05, 3.63) is 40.8 Å². The predicted octanol–water partition coefficient (Wildman–Crippen LogP) is 2.98. The van der Waals surface area contributed by atoms with Crippen LogP contribution in [0.5, 0.6) is 0 Å². The number of aromatic amines is 1. The van der Waals surface area contributed by atoms with Gasteiger partial charge in [-0.25, -0.2) is 4.98 Å². The average molecular weight is 255 g/mol.